The van der Waals surface area contributed by atoms with Crippen LogP contribution >= 0.6 is 0 Å². The molecule has 0 bridgehead atoms. The molecule has 4 nitrogen and oxygen atoms in total. The molecule has 0 atom stereocenters. The summed E-state index contributed by atoms with van der Waals surface area (Å²) in [5.74, 6) is 5.22. The standard InChI is InChI=1S/C14H17N3O/c1-8(2)12-7-11(14(18)17-15)10-6-4-5-9(3)13(10)16-12/h4-8H,15H2,1-3H3,(H,17,18). The highest BCUT2D eigenvalue weighted by molar-refractivity contribution is 6.06. The molecular weight excluding hydrogens is 226 g/mol. The SMILES string of the molecule is Cc1cccc2c(C(=O)NN)cc(C(C)C)nc12. The Balaban J connectivity index is 2.81. The second-order valence-corrected chi connectivity index (χ2v) is 4.69. The maximum atomic E-state index is 11.8. The molecule has 0 saturated heterocycles. The van der Waals surface area contributed by atoms with Crippen molar-refractivity contribution in [2.45, 2.75) is 26.7 Å². The van der Waals surface area contributed by atoms with Crippen LogP contribution in [0.5, 0.6) is 0 Å². The first-order chi connectivity index (χ1) is 8.54. The van der Waals surface area contributed by atoms with Gasteiger partial charge in [0.05, 0.1) is 11.1 Å². The Morgan fingerprint density at radius 2 is 2.11 bits per heavy atom. The summed E-state index contributed by atoms with van der Waals surface area (Å²) in [6.07, 6.45) is 0. The Bertz CT molecular complexity index is 605. The van der Waals surface area contributed by atoms with E-state index in [1.807, 2.05) is 31.2 Å². The van der Waals surface area contributed by atoms with Gasteiger partial charge >= 0.3 is 0 Å². The lowest BCUT2D eigenvalue weighted by Gasteiger charge is -2.12. The molecule has 0 unspecified atom stereocenters. The van der Waals surface area contributed by atoms with Gasteiger partial charge in [0.1, 0.15) is 0 Å². The zero-order valence-electron chi connectivity index (χ0n) is 10.8. The number of rotatable bonds is 2. The number of nitrogens with one attached hydrogen (secondary N) is 1. The molecule has 0 aliphatic heterocycles. The molecule has 4 heteroatoms. The largest absolute Gasteiger partial charge is 0.290 e. The van der Waals surface area contributed by atoms with Crippen LogP contribution in [0.1, 0.15) is 41.4 Å². The van der Waals surface area contributed by atoms with Crippen LogP contribution in [0.4, 0.5) is 0 Å². The zero-order chi connectivity index (χ0) is 13.3. The Labute approximate surface area is 106 Å². The van der Waals surface area contributed by atoms with Crippen molar-refractivity contribution >= 4 is 16.8 Å². The molecule has 3 N–H and O–H groups in total. The number of benzene rings is 1. The maximum Gasteiger partial charge on any atom is 0.265 e. The van der Waals surface area contributed by atoms with Crippen LogP contribution in [0, 0.1) is 6.92 Å². The van der Waals surface area contributed by atoms with E-state index in [1.54, 1.807) is 0 Å². The molecule has 0 fully saturated rings. The molecule has 0 spiro atoms. The summed E-state index contributed by atoms with van der Waals surface area (Å²) >= 11 is 0. The van der Waals surface area contributed by atoms with E-state index in [2.05, 4.69) is 24.3 Å². The number of nitrogens with zero attached hydrogens (tertiary/aromatic N) is 1. The predicted molar refractivity (Wildman–Crippen MR) is 72.2 cm³/mol. The highest BCUT2D eigenvalue weighted by Gasteiger charge is 2.14. The number of carbonyl (C=O) groups excluding carboxylic acids is 1. The van der Waals surface area contributed by atoms with Crippen LogP contribution in [0.25, 0.3) is 10.9 Å². The minimum absolute atomic E-state index is 0.262. The third-order valence-corrected chi connectivity index (χ3v) is 3.03. The van der Waals surface area contributed by atoms with E-state index in [1.165, 1.54) is 0 Å². The molecule has 0 aliphatic carbocycles. The molecule has 1 aromatic carbocycles. The smallest absolute Gasteiger partial charge is 0.265 e. The van der Waals surface area contributed by atoms with Gasteiger partial charge in [-0.15, -0.1) is 0 Å². The first kappa shape index (κ1) is 12.5. The number of aromatic nitrogens is 1. The first-order valence-electron chi connectivity index (χ1n) is 5.95. The van der Waals surface area contributed by atoms with E-state index in [4.69, 9.17) is 5.84 Å². The van der Waals surface area contributed by atoms with Crippen molar-refractivity contribution in [1.82, 2.24) is 10.4 Å². The molecule has 2 rings (SSSR count). The summed E-state index contributed by atoms with van der Waals surface area (Å²) in [4.78, 5) is 16.5. The number of nitrogen functional groups attached to an aromatic ring is 1. The number of hydrogen-bond donors (Lipinski definition) is 2. The summed E-state index contributed by atoms with van der Waals surface area (Å²) in [6, 6.07) is 7.61. The van der Waals surface area contributed by atoms with Gasteiger partial charge in [-0.3, -0.25) is 15.2 Å². The summed E-state index contributed by atoms with van der Waals surface area (Å²) < 4.78 is 0. The summed E-state index contributed by atoms with van der Waals surface area (Å²) in [5.41, 5.74) is 5.59. The van der Waals surface area contributed by atoms with Crippen LogP contribution in [0.15, 0.2) is 24.3 Å². The minimum atomic E-state index is -0.282. The third-order valence-electron chi connectivity index (χ3n) is 3.03. The predicted octanol–water partition coefficient (Wildman–Crippen LogP) is 2.27. The van der Waals surface area contributed by atoms with Gasteiger partial charge in [-0.2, -0.15) is 0 Å². The summed E-state index contributed by atoms with van der Waals surface area (Å²) in [7, 11) is 0. The van der Waals surface area contributed by atoms with Crippen molar-refractivity contribution in [2.75, 3.05) is 0 Å². The molecule has 18 heavy (non-hydrogen) atoms. The quantitative estimate of drug-likeness (QED) is 0.483. The first-order valence-corrected chi connectivity index (χ1v) is 5.95. The number of hydrogen-bond acceptors (Lipinski definition) is 3. The number of fused-ring (bicyclic) bond motifs is 1. The molecular formula is C14H17N3O. The minimum Gasteiger partial charge on any atom is -0.290 e. The molecule has 94 valence electrons. The van der Waals surface area contributed by atoms with Gasteiger partial charge in [0, 0.05) is 11.1 Å². The topological polar surface area (TPSA) is 68.0 Å². The Morgan fingerprint density at radius 1 is 1.39 bits per heavy atom. The summed E-state index contributed by atoms with van der Waals surface area (Å²) in [5, 5.41) is 0.836. The number of pyridine rings is 1. The normalized spacial score (nSPS) is 10.9. The van der Waals surface area contributed by atoms with Gasteiger partial charge in [-0.05, 0) is 24.5 Å². The van der Waals surface area contributed by atoms with E-state index in [9.17, 15) is 4.79 Å². The highest BCUT2D eigenvalue weighted by Crippen LogP contribution is 2.24. The lowest BCUT2D eigenvalue weighted by molar-refractivity contribution is 0.0955. The van der Waals surface area contributed by atoms with Crippen molar-refractivity contribution in [3.05, 3.63) is 41.1 Å². The molecule has 2 aromatic rings. The van der Waals surface area contributed by atoms with E-state index in [0.29, 0.717) is 5.56 Å². The van der Waals surface area contributed by atoms with Crippen molar-refractivity contribution in [2.24, 2.45) is 5.84 Å². The molecule has 0 saturated carbocycles. The second-order valence-electron chi connectivity index (χ2n) is 4.69. The average Bonchev–Trinajstić information content (AvgIpc) is 2.37. The van der Waals surface area contributed by atoms with Crippen molar-refractivity contribution in [3.63, 3.8) is 0 Å². The van der Waals surface area contributed by atoms with Gasteiger partial charge in [-0.1, -0.05) is 32.0 Å². The monoisotopic (exact) mass is 243 g/mol. The summed E-state index contributed by atoms with van der Waals surface area (Å²) in [6.45, 7) is 6.09. The second kappa shape index (κ2) is 4.74. The highest BCUT2D eigenvalue weighted by atomic mass is 16.2. The van der Waals surface area contributed by atoms with Gasteiger partial charge in [0.25, 0.3) is 5.91 Å². The van der Waals surface area contributed by atoms with Gasteiger partial charge in [0.2, 0.25) is 0 Å². The lowest BCUT2D eigenvalue weighted by atomic mass is 10.0. The maximum absolute atomic E-state index is 11.8. The molecule has 0 radical (unpaired) electrons. The number of nitrogens with two attached hydrogens (primary N) is 1. The lowest BCUT2D eigenvalue weighted by Crippen LogP contribution is -2.30. The number of amides is 1. The molecule has 1 amide bonds. The number of hydrazine groups is 1. The van der Waals surface area contributed by atoms with Crippen molar-refractivity contribution in [1.29, 1.82) is 0 Å². The van der Waals surface area contributed by atoms with Crippen molar-refractivity contribution < 1.29 is 4.79 Å². The van der Waals surface area contributed by atoms with Gasteiger partial charge in [0.15, 0.2) is 0 Å². The van der Waals surface area contributed by atoms with Crippen molar-refractivity contribution in [3.8, 4) is 0 Å². The van der Waals surface area contributed by atoms with Crippen LogP contribution in [0.3, 0.4) is 0 Å². The van der Waals surface area contributed by atoms with E-state index >= 15 is 0 Å². The van der Waals surface area contributed by atoms with E-state index < -0.39 is 0 Å². The van der Waals surface area contributed by atoms with Gasteiger partial charge in [-0.25, -0.2) is 5.84 Å². The average molecular weight is 243 g/mol. The molecule has 0 aliphatic rings. The third kappa shape index (κ3) is 2.07. The van der Waals surface area contributed by atoms with E-state index in [-0.39, 0.29) is 11.8 Å². The number of carbonyl (C=O) groups is 1. The van der Waals surface area contributed by atoms with E-state index in [0.717, 1.165) is 22.2 Å². The zero-order valence-corrected chi connectivity index (χ0v) is 10.8. The van der Waals surface area contributed by atoms with Crippen LogP contribution < -0.4 is 11.3 Å². The van der Waals surface area contributed by atoms with Crippen LogP contribution in [-0.4, -0.2) is 10.9 Å². The van der Waals surface area contributed by atoms with Crippen LogP contribution in [-0.2, 0) is 0 Å². The Kier molecular flexibility index (Phi) is 3.30. The fourth-order valence-electron chi connectivity index (χ4n) is 1.97. The molecule has 1 aromatic heterocycles. The Morgan fingerprint density at radius 3 is 2.72 bits per heavy atom. The van der Waals surface area contributed by atoms with Crippen LogP contribution in [0.2, 0.25) is 0 Å². The number of aryl methyl sites for hydroxylation is 1. The fraction of sp³-hybridized carbons (Fsp3) is 0.286. The van der Waals surface area contributed by atoms with Gasteiger partial charge < -0.3 is 0 Å². The number of para-hydroxylation sites is 1. The Hall–Kier alpha value is -1.94. The fourth-order valence-corrected chi connectivity index (χ4v) is 1.97. The molecule has 1 heterocycles.